The van der Waals surface area contributed by atoms with Crippen molar-refractivity contribution in [2.24, 2.45) is 23.0 Å². The second kappa shape index (κ2) is 4.38. The van der Waals surface area contributed by atoms with Crippen molar-refractivity contribution in [1.82, 2.24) is 0 Å². The van der Waals surface area contributed by atoms with Crippen molar-refractivity contribution in [3.63, 3.8) is 0 Å². The lowest BCUT2D eigenvalue weighted by atomic mass is 9.69. The third kappa shape index (κ3) is 1.89. The van der Waals surface area contributed by atoms with Gasteiger partial charge < -0.3 is 5.73 Å². The molecule has 0 saturated heterocycles. The topological polar surface area (TPSA) is 26.0 Å². The van der Waals surface area contributed by atoms with Gasteiger partial charge in [0, 0.05) is 0 Å². The third-order valence-corrected chi connectivity index (χ3v) is 5.64. The van der Waals surface area contributed by atoms with Crippen molar-refractivity contribution in [2.45, 2.75) is 46.0 Å². The Morgan fingerprint density at radius 2 is 2.06 bits per heavy atom. The average Bonchev–Trinajstić information content (AvgIpc) is 2.94. The van der Waals surface area contributed by atoms with Crippen LogP contribution in [-0.2, 0) is 6.42 Å². The first kappa shape index (κ1) is 12.2. The summed E-state index contributed by atoms with van der Waals surface area (Å²) in [7, 11) is 0. The van der Waals surface area contributed by atoms with E-state index in [1.807, 2.05) is 0 Å². The summed E-state index contributed by atoms with van der Waals surface area (Å²) in [6, 6.07) is 6.95. The van der Waals surface area contributed by atoms with Crippen LogP contribution in [0.15, 0.2) is 18.2 Å². The van der Waals surface area contributed by atoms with E-state index in [1.165, 1.54) is 48.8 Å². The zero-order valence-electron chi connectivity index (χ0n) is 11.7. The van der Waals surface area contributed by atoms with Gasteiger partial charge in [-0.3, -0.25) is 0 Å². The first-order valence-corrected chi connectivity index (χ1v) is 7.39. The van der Waals surface area contributed by atoms with Gasteiger partial charge in [-0.25, -0.2) is 0 Å². The largest absolute Gasteiger partial charge is 0.330 e. The molecule has 98 valence electrons. The molecule has 3 atom stereocenters. The van der Waals surface area contributed by atoms with Crippen LogP contribution in [0.5, 0.6) is 0 Å². The quantitative estimate of drug-likeness (QED) is 0.862. The minimum Gasteiger partial charge on any atom is -0.330 e. The Labute approximate surface area is 111 Å². The van der Waals surface area contributed by atoms with E-state index in [9.17, 15) is 0 Å². The molecular formula is C17H25N. The molecule has 0 heterocycles. The number of fused-ring (bicyclic) bond motifs is 2. The van der Waals surface area contributed by atoms with Gasteiger partial charge in [-0.15, -0.1) is 0 Å². The molecule has 0 amide bonds. The molecule has 1 heteroatoms. The maximum Gasteiger partial charge on any atom is -0.00146 e. The first-order chi connectivity index (χ1) is 8.63. The van der Waals surface area contributed by atoms with E-state index in [-0.39, 0.29) is 0 Å². The van der Waals surface area contributed by atoms with Gasteiger partial charge in [0.05, 0.1) is 0 Å². The SMILES string of the molecule is Cc1ccc(CC2(CN)CC3CCC2C3)cc1C. The van der Waals surface area contributed by atoms with Crippen molar-refractivity contribution >= 4 is 0 Å². The number of nitrogens with two attached hydrogens (primary N) is 1. The normalized spacial score (nSPS) is 34.2. The number of hydrogen-bond acceptors (Lipinski definition) is 1. The van der Waals surface area contributed by atoms with Gasteiger partial charge in [-0.05, 0) is 80.0 Å². The standard InChI is InChI=1S/C17H25N/c1-12-3-4-14(7-13(12)2)9-17(11-18)10-15-5-6-16(17)8-15/h3-4,7,15-16H,5-6,8-11,18H2,1-2H3. The van der Waals surface area contributed by atoms with E-state index in [0.29, 0.717) is 5.41 Å². The van der Waals surface area contributed by atoms with E-state index < -0.39 is 0 Å². The van der Waals surface area contributed by atoms with Crippen molar-refractivity contribution in [3.8, 4) is 0 Å². The molecule has 2 saturated carbocycles. The van der Waals surface area contributed by atoms with Gasteiger partial charge in [0.25, 0.3) is 0 Å². The molecule has 2 N–H and O–H groups in total. The molecule has 3 rings (SSSR count). The molecule has 2 aliphatic carbocycles. The Morgan fingerprint density at radius 1 is 1.22 bits per heavy atom. The van der Waals surface area contributed by atoms with Crippen molar-refractivity contribution in [1.29, 1.82) is 0 Å². The molecular weight excluding hydrogens is 218 g/mol. The second-order valence-electron chi connectivity index (χ2n) is 6.74. The van der Waals surface area contributed by atoms with Gasteiger partial charge in [0.1, 0.15) is 0 Å². The highest BCUT2D eigenvalue weighted by molar-refractivity contribution is 5.31. The summed E-state index contributed by atoms with van der Waals surface area (Å²) in [5.41, 5.74) is 10.9. The van der Waals surface area contributed by atoms with Gasteiger partial charge in [-0.2, -0.15) is 0 Å². The van der Waals surface area contributed by atoms with Gasteiger partial charge in [0.15, 0.2) is 0 Å². The molecule has 2 aliphatic rings. The first-order valence-electron chi connectivity index (χ1n) is 7.39. The van der Waals surface area contributed by atoms with Crippen LogP contribution < -0.4 is 5.73 Å². The highest BCUT2D eigenvalue weighted by Crippen LogP contribution is 2.56. The second-order valence-corrected chi connectivity index (χ2v) is 6.74. The molecule has 2 bridgehead atoms. The number of benzene rings is 1. The average molecular weight is 243 g/mol. The lowest BCUT2D eigenvalue weighted by Crippen LogP contribution is -2.37. The predicted octanol–water partition coefficient (Wildman–Crippen LogP) is 3.61. The van der Waals surface area contributed by atoms with E-state index in [1.54, 1.807) is 0 Å². The fourth-order valence-electron chi connectivity index (χ4n) is 4.42. The van der Waals surface area contributed by atoms with Crippen LogP contribution >= 0.6 is 0 Å². The number of aryl methyl sites for hydroxylation is 2. The Hall–Kier alpha value is -0.820. The van der Waals surface area contributed by atoms with Crippen LogP contribution in [0.1, 0.15) is 42.4 Å². The summed E-state index contributed by atoms with van der Waals surface area (Å²) in [5.74, 6) is 1.87. The maximum absolute atomic E-state index is 6.17. The van der Waals surface area contributed by atoms with E-state index in [4.69, 9.17) is 5.73 Å². The lowest BCUT2D eigenvalue weighted by molar-refractivity contribution is 0.171. The van der Waals surface area contributed by atoms with Crippen LogP contribution in [0.4, 0.5) is 0 Å². The van der Waals surface area contributed by atoms with Crippen LogP contribution in [0.3, 0.4) is 0 Å². The molecule has 0 aliphatic heterocycles. The molecule has 0 aromatic heterocycles. The number of hydrogen-bond donors (Lipinski definition) is 1. The summed E-state index contributed by atoms with van der Waals surface area (Å²) in [5, 5.41) is 0. The zero-order valence-corrected chi connectivity index (χ0v) is 11.7. The zero-order chi connectivity index (χ0) is 12.8. The Morgan fingerprint density at radius 3 is 2.61 bits per heavy atom. The number of rotatable bonds is 3. The molecule has 2 fully saturated rings. The Bertz CT molecular complexity index is 451. The van der Waals surface area contributed by atoms with Crippen molar-refractivity contribution in [2.75, 3.05) is 6.54 Å². The molecule has 1 nitrogen and oxygen atoms in total. The Kier molecular flexibility index (Phi) is 2.97. The minimum absolute atomic E-state index is 0.421. The van der Waals surface area contributed by atoms with E-state index in [2.05, 4.69) is 32.0 Å². The molecule has 0 spiro atoms. The summed E-state index contributed by atoms with van der Waals surface area (Å²) < 4.78 is 0. The maximum atomic E-state index is 6.17. The van der Waals surface area contributed by atoms with Crippen LogP contribution in [-0.4, -0.2) is 6.54 Å². The highest BCUT2D eigenvalue weighted by atomic mass is 14.7. The van der Waals surface area contributed by atoms with Gasteiger partial charge in [-0.1, -0.05) is 24.6 Å². The molecule has 1 aromatic rings. The Balaban J connectivity index is 1.84. The van der Waals surface area contributed by atoms with Crippen molar-refractivity contribution in [3.05, 3.63) is 34.9 Å². The fraction of sp³-hybridized carbons (Fsp3) is 0.647. The van der Waals surface area contributed by atoms with Crippen LogP contribution in [0, 0.1) is 31.1 Å². The summed E-state index contributed by atoms with van der Waals surface area (Å²) in [6.07, 6.45) is 6.90. The minimum atomic E-state index is 0.421. The monoisotopic (exact) mass is 243 g/mol. The molecule has 18 heavy (non-hydrogen) atoms. The van der Waals surface area contributed by atoms with Crippen LogP contribution in [0.2, 0.25) is 0 Å². The van der Waals surface area contributed by atoms with E-state index in [0.717, 1.165) is 18.4 Å². The molecule has 3 unspecified atom stereocenters. The highest BCUT2D eigenvalue weighted by Gasteiger charge is 2.49. The summed E-state index contributed by atoms with van der Waals surface area (Å²) in [6.45, 7) is 5.28. The third-order valence-electron chi connectivity index (χ3n) is 5.64. The molecule has 1 aromatic carbocycles. The summed E-state index contributed by atoms with van der Waals surface area (Å²) in [4.78, 5) is 0. The van der Waals surface area contributed by atoms with Gasteiger partial charge >= 0.3 is 0 Å². The van der Waals surface area contributed by atoms with Crippen molar-refractivity contribution < 1.29 is 0 Å². The predicted molar refractivity (Wildman–Crippen MR) is 76.6 cm³/mol. The van der Waals surface area contributed by atoms with Crippen LogP contribution in [0.25, 0.3) is 0 Å². The summed E-state index contributed by atoms with van der Waals surface area (Å²) >= 11 is 0. The fourth-order valence-corrected chi connectivity index (χ4v) is 4.42. The molecule has 0 radical (unpaired) electrons. The smallest absolute Gasteiger partial charge is 0.00146 e. The van der Waals surface area contributed by atoms with E-state index >= 15 is 0 Å². The van der Waals surface area contributed by atoms with Gasteiger partial charge in [0.2, 0.25) is 0 Å². The lowest BCUT2D eigenvalue weighted by Gasteiger charge is -2.37.